The molecule has 0 unspecified atom stereocenters. The number of aliphatic imine (C=N–C) groups is 1. The molecule has 0 spiro atoms. The molecule has 0 atom stereocenters. The number of hydrogen-bond acceptors (Lipinski definition) is 7. The standard InChI is InChI=1S/C9H10N6O6/c16-4-10-1-13-7(19)14(2-11-5-17)9(21)15(8(13)20)3-12-6-18/h4-5H,1-3H2,(H,10,16)(H,11,17). The molecule has 0 aliphatic carbocycles. The van der Waals surface area contributed by atoms with Gasteiger partial charge in [-0.3, -0.25) is 9.59 Å². The molecule has 1 rings (SSSR count). The zero-order chi connectivity index (χ0) is 15.8. The summed E-state index contributed by atoms with van der Waals surface area (Å²) >= 11 is 0. The molecule has 0 radical (unpaired) electrons. The van der Waals surface area contributed by atoms with Crippen molar-refractivity contribution in [1.29, 1.82) is 0 Å². The first kappa shape index (κ1) is 15.8. The van der Waals surface area contributed by atoms with Crippen LogP contribution in [0.2, 0.25) is 0 Å². The van der Waals surface area contributed by atoms with Crippen LogP contribution in [-0.4, -0.2) is 32.6 Å². The van der Waals surface area contributed by atoms with Gasteiger partial charge in [-0.05, 0) is 0 Å². The minimum atomic E-state index is -1.07. The van der Waals surface area contributed by atoms with Crippen LogP contribution in [0.5, 0.6) is 0 Å². The molecular weight excluding hydrogens is 288 g/mol. The summed E-state index contributed by atoms with van der Waals surface area (Å²) in [5.41, 5.74) is -3.18. The molecule has 0 saturated carbocycles. The fraction of sp³-hybridized carbons (Fsp3) is 0.333. The van der Waals surface area contributed by atoms with Gasteiger partial charge in [-0.2, -0.15) is 4.99 Å². The van der Waals surface area contributed by atoms with Crippen LogP contribution in [0.1, 0.15) is 0 Å². The minimum absolute atomic E-state index is 0.249. The van der Waals surface area contributed by atoms with E-state index in [1.54, 1.807) is 0 Å². The van der Waals surface area contributed by atoms with Crippen LogP contribution >= 0.6 is 0 Å². The number of amides is 2. The molecule has 2 N–H and O–H groups in total. The summed E-state index contributed by atoms with van der Waals surface area (Å²) in [7, 11) is 0. The van der Waals surface area contributed by atoms with E-state index in [2.05, 4.69) is 15.6 Å². The van der Waals surface area contributed by atoms with E-state index in [-0.39, 0.29) is 12.8 Å². The first-order chi connectivity index (χ1) is 10.1. The predicted octanol–water partition coefficient (Wildman–Crippen LogP) is -4.13. The average Bonchev–Trinajstić information content (AvgIpc) is 2.47. The summed E-state index contributed by atoms with van der Waals surface area (Å²) in [6.07, 6.45) is 1.64. The van der Waals surface area contributed by atoms with Crippen molar-refractivity contribution in [2.75, 3.05) is 0 Å². The maximum absolute atomic E-state index is 11.9. The van der Waals surface area contributed by atoms with Gasteiger partial charge in [0.25, 0.3) is 0 Å². The van der Waals surface area contributed by atoms with Crippen molar-refractivity contribution >= 4 is 18.9 Å². The molecule has 0 fully saturated rings. The number of nitrogens with one attached hydrogen (secondary N) is 2. The average molecular weight is 298 g/mol. The van der Waals surface area contributed by atoms with Crippen molar-refractivity contribution in [2.45, 2.75) is 20.0 Å². The highest BCUT2D eigenvalue weighted by Gasteiger charge is 2.14. The van der Waals surface area contributed by atoms with Gasteiger partial charge in [0.1, 0.15) is 20.0 Å². The number of carbonyl (C=O) groups excluding carboxylic acids is 3. The molecule has 0 aromatic carbocycles. The van der Waals surface area contributed by atoms with E-state index < -0.39 is 37.1 Å². The molecule has 0 aliphatic heterocycles. The number of rotatable bonds is 8. The van der Waals surface area contributed by atoms with E-state index in [4.69, 9.17) is 0 Å². The van der Waals surface area contributed by atoms with E-state index >= 15 is 0 Å². The maximum atomic E-state index is 11.9. The predicted molar refractivity (Wildman–Crippen MR) is 65.7 cm³/mol. The van der Waals surface area contributed by atoms with Gasteiger partial charge in [-0.25, -0.2) is 32.9 Å². The first-order valence-electron chi connectivity index (χ1n) is 5.40. The van der Waals surface area contributed by atoms with Crippen molar-refractivity contribution in [2.24, 2.45) is 4.99 Å². The molecular formula is C9H10N6O6. The summed E-state index contributed by atoms with van der Waals surface area (Å²) in [5.74, 6) is 0. The quantitative estimate of drug-likeness (QED) is 0.282. The maximum Gasteiger partial charge on any atom is 0.339 e. The van der Waals surface area contributed by atoms with Crippen molar-refractivity contribution < 1.29 is 14.4 Å². The number of nitrogens with zero attached hydrogens (tertiary/aromatic N) is 4. The third-order valence-corrected chi connectivity index (χ3v) is 2.33. The van der Waals surface area contributed by atoms with Crippen LogP contribution in [0, 0.1) is 0 Å². The fourth-order valence-electron chi connectivity index (χ4n) is 1.43. The molecule has 1 heterocycles. The van der Waals surface area contributed by atoms with Gasteiger partial charge in [-0.1, -0.05) is 0 Å². The smallest absolute Gasteiger partial charge is 0.339 e. The Hall–Kier alpha value is -3.27. The van der Waals surface area contributed by atoms with Gasteiger partial charge in [0, 0.05) is 0 Å². The Morgan fingerprint density at radius 3 is 1.71 bits per heavy atom. The molecule has 0 saturated heterocycles. The Balaban J connectivity index is 3.56. The highest BCUT2D eigenvalue weighted by molar-refractivity contribution is 5.45. The Morgan fingerprint density at radius 1 is 0.905 bits per heavy atom. The van der Waals surface area contributed by atoms with Gasteiger partial charge in [-0.15, -0.1) is 0 Å². The van der Waals surface area contributed by atoms with Crippen molar-refractivity contribution in [3.63, 3.8) is 0 Å². The normalized spacial score (nSPS) is 9.52. The molecule has 0 bridgehead atoms. The van der Waals surface area contributed by atoms with Crippen LogP contribution in [0.15, 0.2) is 19.4 Å². The van der Waals surface area contributed by atoms with E-state index in [9.17, 15) is 28.8 Å². The van der Waals surface area contributed by atoms with Crippen LogP contribution < -0.4 is 27.7 Å². The number of aromatic nitrogens is 3. The summed E-state index contributed by atoms with van der Waals surface area (Å²) < 4.78 is 1.54. The highest BCUT2D eigenvalue weighted by Crippen LogP contribution is 1.75. The van der Waals surface area contributed by atoms with Gasteiger partial charge >= 0.3 is 17.1 Å². The third-order valence-electron chi connectivity index (χ3n) is 2.33. The van der Waals surface area contributed by atoms with E-state index in [1.807, 2.05) is 0 Å². The Labute approximate surface area is 115 Å². The second-order valence-corrected chi connectivity index (χ2v) is 3.48. The van der Waals surface area contributed by atoms with E-state index in [1.165, 1.54) is 0 Å². The molecule has 2 amide bonds. The molecule has 12 heteroatoms. The van der Waals surface area contributed by atoms with Gasteiger partial charge in [0.2, 0.25) is 18.9 Å². The van der Waals surface area contributed by atoms with Crippen molar-refractivity contribution in [1.82, 2.24) is 24.3 Å². The Bertz CT molecular complexity index is 701. The first-order valence-corrected chi connectivity index (χ1v) is 5.40. The molecule has 12 nitrogen and oxygen atoms in total. The van der Waals surface area contributed by atoms with Crippen molar-refractivity contribution in [3.8, 4) is 0 Å². The topological polar surface area (TPSA) is 154 Å². The second kappa shape index (κ2) is 7.35. The molecule has 0 aliphatic rings. The zero-order valence-electron chi connectivity index (χ0n) is 10.5. The van der Waals surface area contributed by atoms with Gasteiger partial charge < -0.3 is 10.6 Å². The monoisotopic (exact) mass is 298 g/mol. The molecule has 1 aromatic heterocycles. The molecule has 21 heavy (non-hydrogen) atoms. The van der Waals surface area contributed by atoms with E-state index in [0.717, 1.165) is 6.08 Å². The lowest BCUT2D eigenvalue weighted by Gasteiger charge is -2.11. The lowest BCUT2D eigenvalue weighted by atomic mass is 10.7. The lowest BCUT2D eigenvalue weighted by molar-refractivity contribution is -0.110. The van der Waals surface area contributed by atoms with Crippen LogP contribution in [-0.2, 0) is 34.4 Å². The van der Waals surface area contributed by atoms with Crippen LogP contribution in [0.3, 0.4) is 0 Å². The Kier molecular flexibility index (Phi) is 5.53. The molecule has 112 valence electrons. The lowest BCUT2D eigenvalue weighted by Crippen LogP contribution is -2.56. The molecule has 1 aromatic rings. The summed E-state index contributed by atoms with van der Waals surface area (Å²) in [6, 6.07) is 0. The zero-order valence-corrected chi connectivity index (χ0v) is 10.5. The van der Waals surface area contributed by atoms with E-state index in [0.29, 0.717) is 13.7 Å². The fourth-order valence-corrected chi connectivity index (χ4v) is 1.43. The minimum Gasteiger partial charge on any atom is -0.340 e. The number of carbonyl (C=O) groups is 2. The number of hydrogen-bond donors (Lipinski definition) is 2. The Morgan fingerprint density at radius 2 is 1.33 bits per heavy atom. The van der Waals surface area contributed by atoms with Crippen molar-refractivity contribution in [3.05, 3.63) is 31.5 Å². The van der Waals surface area contributed by atoms with Gasteiger partial charge in [0.05, 0.1) is 0 Å². The van der Waals surface area contributed by atoms with Gasteiger partial charge in [0.15, 0.2) is 0 Å². The van der Waals surface area contributed by atoms with Crippen LogP contribution in [0.4, 0.5) is 0 Å². The summed E-state index contributed by atoms with van der Waals surface area (Å²) in [4.78, 5) is 69.5. The number of isocyanates is 1. The second-order valence-electron chi connectivity index (χ2n) is 3.48. The largest absolute Gasteiger partial charge is 0.340 e. The highest BCUT2D eigenvalue weighted by atomic mass is 16.2. The summed E-state index contributed by atoms with van der Waals surface area (Å²) in [5, 5.41) is 4.18. The van der Waals surface area contributed by atoms with Crippen LogP contribution in [0.25, 0.3) is 0 Å². The third kappa shape index (κ3) is 3.39. The SMILES string of the molecule is O=C=NCn1c(=O)n(CNC=O)c(=O)n(CNC=O)c1=O. The summed E-state index contributed by atoms with van der Waals surface area (Å²) in [6.45, 7) is -1.63.